The van der Waals surface area contributed by atoms with E-state index in [1.165, 1.54) is 23.1 Å². The van der Waals surface area contributed by atoms with Gasteiger partial charge in [0, 0.05) is 23.9 Å². The molecule has 10 heteroatoms. The Labute approximate surface area is 199 Å². The van der Waals surface area contributed by atoms with Gasteiger partial charge in [0.05, 0.1) is 29.0 Å². The van der Waals surface area contributed by atoms with Crippen molar-refractivity contribution in [3.05, 3.63) is 48.2 Å². The van der Waals surface area contributed by atoms with Crippen molar-refractivity contribution in [2.45, 2.75) is 37.6 Å². The summed E-state index contributed by atoms with van der Waals surface area (Å²) in [5.41, 5.74) is 8.95. The van der Waals surface area contributed by atoms with Crippen molar-refractivity contribution in [3.8, 4) is 10.7 Å². The summed E-state index contributed by atoms with van der Waals surface area (Å²) in [6, 6.07) is 11.6. The molecule has 170 valence electrons. The zero-order chi connectivity index (χ0) is 22.8. The fraction of sp³-hybridized carbons (Fsp3) is 0.304. The lowest BCUT2D eigenvalue weighted by molar-refractivity contribution is -0.113. The van der Waals surface area contributed by atoms with Crippen molar-refractivity contribution >= 4 is 50.6 Å². The molecule has 5 rings (SSSR count). The molecule has 3 aromatic heterocycles. The summed E-state index contributed by atoms with van der Waals surface area (Å²) in [5.74, 6) is 0.822. The first kappa shape index (κ1) is 21.9. The van der Waals surface area contributed by atoms with Crippen LogP contribution < -0.4 is 11.1 Å². The summed E-state index contributed by atoms with van der Waals surface area (Å²) in [6.07, 6.45) is 3.87. The highest BCUT2D eigenvalue weighted by molar-refractivity contribution is 7.99. The van der Waals surface area contributed by atoms with Crippen molar-refractivity contribution in [2.75, 3.05) is 23.4 Å². The number of aromatic nitrogens is 4. The van der Waals surface area contributed by atoms with Gasteiger partial charge < -0.3 is 15.8 Å². The van der Waals surface area contributed by atoms with E-state index in [1.807, 2.05) is 47.9 Å². The molecule has 0 aliphatic carbocycles. The Morgan fingerprint density at radius 3 is 2.97 bits per heavy atom. The maximum atomic E-state index is 12.6. The molecule has 1 saturated heterocycles. The van der Waals surface area contributed by atoms with E-state index in [0.717, 1.165) is 45.8 Å². The van der Waals surface area contributed by atoms with Crippen molar-refractivity contribution in [1.29, 1.82) is 0 Å². The lowest BCUT2D eigenvalue weighted by Gasteiger charge is -2.14. The number of carbonyl (C=O) groups is 1. The van der Waals surface area contributed by atoms with Gasteiger partial charge in [0.2, 0.25) is 5.91 Å². The Kier molecular flexibility index (Phi) is 6.30. The van der Waals surface area contributed by atoms with Gasteiger partial charge in [0.1, 0.15) is 4.83 Å². The van der Waals surface area contributed by atoms with E-state index >= 15 is 0 Å². The molecule has 4 heterocycles. The molecule has 0 spiro atoms. The standard InChI is InChI=1S/C23H24N6O2S2/c1-14-6-2-3-9-17(14)26-18(30)13-32-23-28-27-21(29(23)12-15-7-5-11-31-15)20-19(24)16-8-4-10-25-22(16)33-20/h2-4,6,8-10,15H,5,7,11-13,24H2,1H3,(H,26,30)/t15-/m0/s1. The molecular weight excluding hydrogens is 456 g/mol. The number of carbonyl (C=O) groups excluding carboxylic acids is 1. The van der Waals surface area contributed by atoms with Crippen LogP contribution in [-0.2, 0) is 16.1 Å². The van der Waals surface area contributed by atoms with Crippen LogP contribution in [0.5, 0.6) is 0 Å². The SMILES string of the molecule is Cc1ccccc1NC(=O)CSc1nnc(-c2sc3ncccc3c2N)n1C[C@@H]1CCCO1. The van der Waals surface area contributed by atoms with E-state index in [2.05, 4.69) is 20.5 Å². The van der Waals surface area contributed by atoms with E-state index in [1.54, 1.807) is 6.20 Å². The average Bonchev–Trinajstić information content (AvgIpc) is 3.55. The number of amides is 1. The fourth-order valence-electron chi connectivity index (χ4n) is 3.87. The highest BCUT2D eigenvalue weighted by atomic mass is 32.2. The number of hydrogen-bond acceptors (Lipinski definition) is 8. The van der Waals surface area contributed by atoms with Gasteiger partial charge in [-0.1, -0.05) is 30.0 Å². The second-order valence-electron chi connectivity index (χ2n) is 7.90. The Bertz CT molecular complexity index is 1300. The number of nitrogens with two attached hydrogens (primary N) is 1. The maximum absolute atomic E-state index is 12.6. The smallest absolute Gasteiger partial charge is 0.234 e. The number of thioether (sulfide) groups is 1. The van der Waals surface area contributed by atoms with Gasteiger partial charge in [0.15, 0.2) is 11.0 Å². The molecule has 33 heavy (non-hydrogen) atoms. The fourth-order valence-corrected chi connectivity index (χ4v) is 5.67. The number of benzene rings is 1. The number of nitrogens with one attached hydrogen (secondary N) is 1. The largest absolute Gasteiger partial charge is 0.397 e. The molecule has 0 radical (unpaired) electrons. The van der Waals surface area contributed by atoms with Gasteiger partial charge >= 0.3 is 0 Å². The molecule has 0 unspecified atom stereocenters. The van der Waals surface area contributed by atoms with E-state index in [4.69, 9.17) is 10.5 Å². The van der Waals surface area contributed by atoms with Crippen LogP contribution in [-0.4, -0.2) is 44.1 Å². The highest BCUT2D eigenvalue weighted by Crippen LogP contribution is 2.40. The number of para-hydroxylation sites is 1. The van der Waals surface area contributed by atoms with Crippen molar-refractivity contribution in [1.82, 2.24) is 19.7 Å². The maximum Gasteiger partial charge on any atom is 0.234 e. The van der Waals surface area contributed by atoms with E-state index < -0.39 is 0 Å². The zero-order valence-electron chi connectivity index (χ0n) is 18.2. The monoisotopic (exact) mass is 480 g/mol. The van der Waals surface area contributed by atoms with Crippen LogP contribution in [0.1, 0.15) is 18.4 Å². The molecule has 0 saturated carbocycles. The Morgan fingerprint density at radius 1 is 1.30 bits per heavy atom. The van der Waals surface area contributed by atoms with Gasteiger partial charge in [-0.25, -0.2) is 4.98 Å². The topological polar surface area (TPSA) is 108 Å². The molecular formula is C23H24N6O2S2. The molecule has 1 atom stereocenters. The number of fused-ring (bicyclic) bond motifs is 1. The lowest BCUT2D eigenvalue weighted by atomic mass is 10.2. The van der Waals surface area contributed by atoms with Crippen LogP contribution in [0.3, 0.4) is 0 Å². The number of thiophene rings is 1. The van der Waals surface area contributed by atoms with Crippen LogP contribution in [0.15, 0.2) is 47.8 Å². The summed E-state index contributed by atoms with van der Waals surface area (Å²) in [6.45, 7) is 3.35. The average molecular weight is 481 g/mol. The van der Waals surface area contributed by atoms with Crippen LogP contribution in [0.2, 0.25) is 0 Å². The summed E-state index contributed by atoms with van der Waals surface area (Å²) >= 11 is 2.86. The number of nitrogen functional groups attached to an aromatic ring is 1. The second-order valence-corrected chi connectivity index (χ2v) is 9.85. The third-order valence-electron chi connectivity index (χ3n) is 5.59. The molecule has 1 amide bonds. The number of ether oxygens (including phenoxy) is 1. The van der Waals surface area contributed by atoms with Crippen LogP contribution in [0, 0.1) is 6.92 Å². The number of rotatable bonds is 7. The molecule has 4 aromatic rings. The Balaban J connectivity index is 1.41. The highest BCUT2D eigenvalue weighted by Gasteiger charge is 2.25. The van der Waals surface area contributed by atoms with Gasteiger partial charge in [-0.05, 0) is 43.5 Å². The predicted octanol–water partition coefficient (Wildman–Crippen LogP) is 4.36. The number of aryl methyl sites for hydroxylation is 1. The predicted molar refractivity (Wildman–Crippen MR) is 133 cm³/mol. The van der Waals surface area contributed by atoms with E-state index in [0.29, 0.717) is 23.2 Å². The van der Waals surface area contributed by atoms with Crippen LogP contribution >= 0.6 is 23.1 Å². The van der Waals surface area contributed by atoms with Crippen LogP contribution in [0.25, 0.3) is 20.9 Å². The van der Waals surface area contributed by atoms with Crippen molar-refractivity contribution in [2.24, 2.45) is 0 Å². The first-order chi connectivity index (χ1) is 16.1. The minimum atomic E-state index is -0.0897. The van der Waals surface area contributed by atoms with Crippen LogP contribution in [0.4, 0.5) is 11.4 Å². The molecule has 0 bridgehead atoms. The third kappa shape index (κ3) is 4.59. The van der Waals surface area contributed by atoms with E-state index in [-0.39, 0.29) is 17.8 Å². The quantitative estimate of drug-likeness (QED) is 0.379. The zero-order valence-corrected chi connectivity index (χ0v) is 19.8. The first-order valence-corrected chi connectivity index (χ1v) is 12.6. The van der Waals surface area contributed by atoms with Crippen molar-refractivity contribution < 1.29 is 9.53 Å². The molecule has 1 fully saturated rings. The third-order valence-corrected chi connectivity index (χ3v) is 7.68. The number of anilines is 2. The minimum Gasteiger partial charge on any atom is -0.397 e. The number of hydrogen-bond donors (Lipinski definition) is 2. The summed E-state index contributed by atoms with van der Waals surface area (Å²) in [5, 5.41) is 13.4. The Hall–Kier alpha value is -2.95. The molecule has 1 aromatic carbocycles. The summed E-state index contributed by atoms with van der Waals surface area (Å²) < 4.78 is 7.90. The molecule has 8 nitrogen and oxygen atoms in total. The molecule has 1 aliphatic heterocycles. The lowest BCUT2D eigenvalue weighted by Crippen LogP contribution is -2.18. The van der Waals surface area contributed by atoms with Gasteiger partial charge in [-0.15, -0.1) is 21.5 Å². The van der Waals surface area contributed by atoms with Crippen molar-refractivity contribution in [3.63, 3.8) is 0 Å². The summed E-state index contributed by atoms with van der Waals surface area (Å²) in [4.78, 5) is 18.7. The van der Waals surface area contributed by atoms with E-state index in [9.17, 15) is 4.79 Å². The van der Waals surface area contributed by atoms with Gasteiger partial charge in [-0.3, -0.25) is 9.36 Å². The number of pyridine rings is 1. The second kappa shape index (κ2) is 9.50. The number of nitrogens with zero attached hydrogens (tertiary/aromatic N) is 4. The van der Waals surface area contributed by atoms with Gasteiger partial charge in [-0.2, -0.15) is 0 Å². The van der Waals surface area contributed by atoms with Gasteiger partial charge in [0.25, 0.3) is 0 Å². The normalized spacial score (nSPS) is 15.8. The minimum absolute atomic E-state index is 0.0897. The molecule has 1 aliphatic rings. The Morgan fingerprint density at radius 2 is 2.18 bits per heavy atom. The summed E-state index contributed by atoms with van der Waals surface area (Å²) in [7, 11) is 0. The molecule has 3 N–H and O–H groups in total. The first-order valence-electron chi connectivity index (χ1n) is 10.8.